The first kappa shape index (κ1) is 16.9. The van der Waals surface area contributed by atoms with Crippen molar-refractivity contribution in [2.24, 2.45) is 0 Å². The van der Waals surface area contributed by atoms with E-state index in [0.717, 1.165) is 6.54 Å². The predicted molar refractivity (Wildman–Crippen MR) is 103 cm³/mol. The molecule has 24 heavy (non-hydrogen) atoms. The Hall–Kier alpha value is -1.90. The van der Waals surface area contributed by atoms with Gasteiger partial charge in [-0.05, 0) is 37.8 Å². The van der Waals surface area contributed by atoms with Crippen LogP contribution < -0.4 is 0 Å². The number of aromatic nitrogens is 3. The van der Waals surface area contributed by atoms with Crippen molar-refractivity contribution in [2.75, 3.05) is 0 Å². The second kappa shape index (κ2) is 6.54. The molecule has 0 bridgehead atoms. The van der Waals surface area contributed by atoms with Crippen LogP contribution in [0.1, 0.15) is 49.6 Å². The largest absolute Gasteiger partial charge is 0.240 e. The molecule has 0 saturated heterocycles. The Morgan fingerprint density at radius 1 is 1.17 bits per heavy atom. The first-order valence-electron chi connectivity index (χ1n) is 8.78. The summed E-state index contributed by atoms with van der Waals surface area (Å²) in [6.07, 6.45) is 2.48. The second-order valence-corrected chi connectivity index (χ2v) is 13.0. The molecule has 0 unspecified atom stereocenters. The zero-order valence-corrected chi connectivity index (χ0v) is 16.4. The molecule has 1 fully saturated rings. The Labute approximate surface area is 146 Å². The smallest absolute Gasteiger partial charge is 0.0936 e. The Morgan fingerprint density at radius 3 is 2.38 bits per heavy atom. The van der Waals surface area contributed by atoms with E-state index in [1.165, 1.54) is 40.6 Å². The van der Waals surface area contributed by atoms with Gasteiger partial charge in [0.25, 0.3) is 0 Å². The van der Waals surface area contributed by atoms with Gasteiger partial charge in [-0.2, -0.15) is 0 Å². The van der Waals surface area contributed by atoms with E-state index in [4.69, 9.17) is 0 Å². The minimum absolute atomic E-state index is 0.592. The van der Waals surface area contributed by atoms with Gasteiger partial charge in [-0.25, -0.2) is 4.68 Å². The topological polar surface area (TPSA) is 30.7 Å². The van der Waals surface area contributed by atoms with Crippen LogP contribution in [0, 0.1) is 0 Å². The van der Waals surface area contributed by atoms with Crippen LogP contribution in [0.5, 0.6) is 0 Å². The van der Waals surface area contributed by atoms with Crippen LogP contribution >= 0.6 is 0 Å². The zero-order chi connectivity index (χ0) is 17.3. The fraction of sp³-hybridized carbons (Fsp3) is 0.450. The molecule has 1 aromatic heterocycles. The van der Waals surface area contributed by atoms with E-state index in [0.29, 0.717) is 5.92 Å². The highest BCUT2D eigenvalue weighted by molar-refractivity contribution is 6.93. The van der Waals surface area contributed by atoms with Gasteiger partial charge >= 0.3 is 0 Å². The molecule has 4 heteroatoms. The molecule has 1 aliphatic carbocycles. The molecule has 0 N–H and O–H groups in total. The van der Waals surface area contributed by atoms with Crippen molar-refractivity contribution in [3.05, 3.63) is 58.6 Å². The van der Waals surface area contributed by atoms with Gasteiger partial charge in [0, 0.05) is 11.1 Å². The summed E-state index contributed by atoms with van der Waals surface area (Å²) < 4.78 is 2.10. The van der Waals surface area contributed by atoms with Crippen molar-refractivity contribution >= 4 is 13.3 Å². The van der Waals surface area contributed by atoms with Crippen LogP contribution in [-0.4, -0.2) is 23.1 Å². The highest BCUT2D eigenvalue weighted by atomic mass is 28.3. The van der Waals surface area contributed by atoms with E-state index in [1.807, 2.05) is 0 Å². The molecule has 0 spiro atoms. The molecule has 1 heterocycles. The van der Waals surface area contributed by atoms with Crippen LogP contribution in [0.15, 0.2) is 41.6 Å². The second-order valence-electron chi connectivity index (χ2n) is 7.99. The molecule has 1 aliphatic rings. The lowest BCUT2D eigenvalue weighted by molar-refractivity contribution is 0.643. The molecular formula is C20H27N3Si. The molecular weight excluding hydrogens is 310 g/mol. The standard InChI is InChI=1S/C20H27N3Si/c1-15(2)13-18(24(3,4)5)20-19(17-11-12-17)21-22-23(20)14-16-9-7-6-8-10-16/h6-10,17H,11-12,14H2,1-5H3. The van der Waals surface area contributed by atoms with Crippen molar-refractivity contribution in [3.63, 3.8) is 0 Å². The highest BCUT2D eigenvalue weighted by Crippen LogP contribution is 2.43. The fourth-order valence-corrected chi connectivity index (χ4v) is 4.53. The number of hydrogen-bond donors (Lipinski definition) is 0. The first-order chi connectivity index (χ1) is 11.4. The van der Waals surface area contributed by atoms with Crippen molar-refractivity contribution < 1.29 is 0 Å². The van der Waals surface area contributed by atoms with Crippen LogP contribution in [0.25, 0.3) is 5.20 Å². The van der Waals surface area contributed by atoms with Gasteiger partial charge in [0.2, 0.25) is 0 Å². The van der Waals surface area contributed by atoms with E-state index < -0.39 is 8.07 Å². The zero-order valence-electron chi connectivity index (χ0n) is 15.4. The summed E-state index contributed by atoms with van der Waals surface area (Å²) in [5.41, 5.74) is 8.58. The normalized spacial score (nSPS) is 14.4. The average Bonchev–Trinajstić information content (AvgIpc) is 3.27. The molecule has 1 aromatic carbocycles. The van der Waals surface area contributed by atoms with Crippen LogP contribution in [0.3, 0.4) is 0 Å². The summed E-state index contributed by atoms with van der Waals surface area (Å²) in [6, 6.07) is 10.5. The quantitative estimate of drug-likeness (QED) is 0.566. The van der Waals surface area contributed by atoms with Gasteiger partial charge in [-0.1, -0.05) is 55.2 Å². The van der Waals surface area contributed by atoms with E-state index >= 15 is 0 Å². The Bertz CT molecular complexity index is 782. The number of benzene rings is 1. The highest BCUT2D eigenvalue weighted by Gasteiger charge is 2.35. The maximum Gasteiger partial charge on any atom is 0.0936 e. The summed E-state index contributed by atoms with van der Waals surface area (Å²) in [7, 11) is -1.57. The molecule has 0 atom stereocenters. The summed E-state index contributed by atoms with van der Waals surface area (Å²) in [5.74, 6) is 0.592. The monoisotopic (exact) mass is 337 g/mol. The third-order valence-electron chi connectivity index (χ3n) is 4.26. The van der Waals surface area contributed by atoms with E-state index in [2.05, 4.69) is 84.5 Å². The van der Waals surface area contributed by atoms with Crippen molar-refractivity contribution in [3.8, 4) is 0 Å². The van der Waals surface area contributed by atoms with Crippen LogP contribution in [-0.2, 0) is 6.54 Å². The summed E-state index contributed by atoms with van der Waals surface area (Å²) in [6.45, 7) is 12.2. The Morgan fingerprint density at radius 2 is 1.83 bits per heavy atom. The van der Waals surface area contributed by atoms with E-state index in [1.54, 1.807) is 0 Å². The van der Waals surface area contributed by atoms with Crippen LogP contribution in [0.2, 0.25) is 19.6 Å². The van der Waals surface area contributed by atoms with Gasteiger partial charge in [-0.3, -0.25) is 0 Å². The number of rotatable bonds is 5. The molecule has 3 nitrogen and oxygen atoms in total. The molecule has 0 aliphatic heterocycles. The molecule has 0 amide bonds. The predicted octanol–water partition coefficient (Wildman–Crippen LogP) is 5.03. The van der Waals surface area contributed by atoms with Gasteiger partial charge in [-0.15, -0.1) is 10.8 Å². The first-order valence-corrected chi connectivity index (χ1v) is 12.3. The molecule has 126 valence electrons. The van der Waals surface area contributed by atoms with Crippen molar-refractivity contribution in [1.82, 2.24) is 15.0 Å². The Kier molecular flexibility index (Phi) is 4.61. The van der Waals surface area contributed by atoms with Gasteiger partial charge < -0.3 is 0 Å². The average molecular weight is 338 g/mol. The lowest BCUT2D eigenvalue weighted by atomic mass is 10.2. The number of hydrogen-bond acceptors (Lipinski definition) is 2. The maximum atomic E-state index is 4.58. The lowest BCUT2D eigenvalue weighted by Crippen LogP contribution is -2.25. The summed E-state index contributed by atoms with van der Waals surface area (Å²) in [5, 5.41) is 10.5. The Balaban J connectivity index is 2.14. The number of nitrogens with zero attached hydrogens (tertiary/aromatic N) is 3. The summed E-state index contributed by atoms with van der Waals surface area (Å²) >= 11 is 0. The van der Waals surface area contributed by atoms with E-state index in [-0.39, 0.29) is 0 Å². The third kappa shape index (κ3) is 3.77. The lowest BCUT2D eigenvalue weighted by Gasteiger charge is -2.21. The molecule has 0 radical (unpaired) electrons. The van der Waals surface area contributed by atoms with Gasteiger partial charge in [0.15, 0.2) is 0 Å². The fourth-order valence-electron chi connectivity index (χ4n) is 2.93. The van der Waals surface area contributed by atoms with Crippen LogP contribution in [0.4, 0.5) is 0 Å². The van der Waals surface area contributed by atoms with Gasteiger partial charge in [0.1, 0.15) is 0 Å². The molecule has 2 aromatic rings. The third-order valence-corrected chi connectivity index (χ3v) is 6.12. The van der Waals surface area contributed by atoms with Crippen molar-refractivity contribution in [2.45, 2.75) is 58.8 Å². The molecule has 3 rings (SSSR count). The van der Waals surface area contributed by atoms with Gasteiger partial charge in [0.05, 0.1) is 26.0 Å². The van der Waals surface area contributed by atoms with E-state index in [9.17, 15) is 0 Å². The van der Waals surface area contributed by atoms with Crippen molar-refractivity contribution in [1.29, 1.82) is 0 Å². The summed E-state index contributed by atoms with van der Waals surface area (Å²) in [4.78, 5) is 0. The SMILES string of the molecule is CC(C)=C=C(c1c(C2CC2)nnn1Cc1ccccc1)[Si](C)(C)C. The minimum atomic E-state index is -1.57. The minimum Gasteiger partial charge on any atom is -0.240 e. The number of allylic oxidation sites excluding steroid dienone is 1. The molecule has 1 saturated carbocycles. The maximum absolute atomic E-state index is 4.58.